The standard InChI is InChI=1S/C27H25N3OS/c1-3-8-25-30-26(21-12-7-9-19(2)17-21)27(32-25)22-15-16-28-23(18-22)29-24(31)14-13-20-10-5-4-6-11-20/h4-7,9-18H,3,8H2,1-2H3,(H,28,29,31). The highest BCUT2D eigenvalue weighted by Crippen LogP contribution is 2.38. The van der Waals surface area contributed by atoms with Gasteiger partial charge in [-0.05, 0) is 55.2 Å². The molecule has 0 spiro atoms. The van der Waals surface area contributed by atoms with Gasteiger partial charge in [0.05, 0.1) is 15.6 Å². The van der Waals surface area contributed by atoms with Crippen molar-refractivity contribution in [3.63, 3.8) is 0 Å². The SMILES string of the molecule is CCCc1nc(-c2cccc(C)c2)c(-c2ccnc(NC(=O)C=Cc3ccccc3)c2)s1. The Morgan fingerprint density at radius 3 is 2.66 bits per heavy atom. The molecule has 0 aliphatic heterocycles. The molecule has 2 heterocycles. The summed E-state index contributed by atoms with van der Waals surface area (Å²) in [5.74, 6) is 0.305. The highest BCUT2D eigenvalue weighted by Gasteiger charge is 2.16. The number of thiazole rings is 1. The summed E-state index contributed by atoms with van der Waals surface area (Å²) in [6.45, 7) is 4.25. The molecule has 0 radical (unpaired) electrons. The Kier molecular flexibility index (Phi) is 6.87. The van der Waals surface area contributed by atoms with Gasteiger partial charge >= 0.3 is 0 Å². The summed E-state index contributed by atoms with van der Waals surface area (Å²) >= 11 is 1.71. The van der Waals surface area contributed by atoms with E-state index in [0.717, 1.165) is 45.1 Å². The summed E-state index contributed by atoms with van der Waals surface area (Å²) in [5.41, 5.74) is 5.26. The van der Waals surface area contributed by atoms with Crippen LogP contribution in [0.5, 0.6) is 0 Å². The zero-order valence-electron chi connectivity index (χ0n) is 18.2. The maximum atomic E-state index is 12.4. The van der Waals surface area contributed by atoms with Crippen LogP contribution in [0.25, 0.3) is 27.8 Å². The Bertz CT molecular complexity index is 1240. The van der Waals surface area contributed by atoms with Crippen molar-refractivity contribution in [2.24, 2.45) is 0 Å². The maximum Gasteiger partial charge on any atom is 0.249 e. The van der Waals surface area contributed by atoms with Crippen molar-refractivity contribution in [1.82, 2.24) is 9.97 Å². The number of anilines is 1. The van der Waals surface area contributed by atoms with Gasteiger partial charge in [0.15, 0.2) is 0 Å². The second kappa shape index (κ2) is 10.2. The van der Waals surface area contributed by atoms with Crippen LogP contribution in [0.1, 0.15) is 29.5 Å². The monoisotopic (exact) mass is 439 g/mol. The number of nitrogens with one attached hydrogen (secondary N) is 1. The van der Waals surface area contributed by atoms with E-state index in [1.54, 1.807) is 23.6 Å². The Labute approximate surface area is 192 Å². The van der Waals surface area contributed by atoms with Crippen LogP contribution in [0.2, 0.25) is 0 Å². The lowest BCUT2D eigenvalue weighted by Crippen LogP contribution is -2.09. The molecule has 0 atom stereocenters. The van der Waals surface area contributed by atoms with Crippen molar-refractivity contribution < 1.29 is 4.79 Å². The number of pyridine rings is 1. The lowest BCUT2D eigenvalue weighted by molar-refractivity contribution is -0.111. The molecule has 0 fully saturated rings. The third-order valence-corrected chi connectivity index (χ3v) is 6.09. The van der Waals surface area contributed by atoms with Gasteiger partial charge < -0.3 is 5.32 Å². The number of aryl methyl sites for hydroxylation is 2. The van der Waals surface area contributed by atoms with Crippen molar-refractivity contribution in [3.05, 3.63) is 95.1 Å². The normalized spacial score (nSPS) is 11.1. The van der Waals surface area contributed by atoms with Gasteiger partial charge in [0, 0.05) is 17.8 Å². The average Bonchev–Trinajstić information content (AvgIpc) is 3.23. The summed E-state index contributed by atoms with van der Waals surface area (Å²) in [6.07, 6.45) is 7.03. The van der Waals surface area contributed by atoms with E-state index in [-0.39, 0.29) is 5.91 Å². The first-order valence-corrected chi connectivity index (χ1v) is 11.5. The van der Waals surface area contributed by atoms with E-state index in [2.05, 4.69) is 48.4 Å². The second-order valence-corrected chi connectivity index (χ2v) is 8.65. The maximum absolute atomic E-state index is 12.4. The number of nitrogens with zero attached hydrogens (tertiary/aromatic N) is 2. The van der Waals surface area contributed by atoms with Gasteiger partial charge in [-0.1, -0.05) is 61.0 Å². The molecule has 0 aliphatic rings. The van der Waals surface area contributed by atoms with Crippen LogP contribution in [0, 0.1) is 6.92 Å². The first kappa shape index (κ1) is 21.7. The molecule has 1 N–H and O–H groups in total. The topological polar surface area (TPSA) is 54.9 Å². The zero-order valence-corrected chi connectivity index (χ0v) is 19.0. The van der Waals surface area contributed by atoms with E-state index in [4.69, 9.17) is 4.98 Å². The van der Waals surface area contributed by atoms with Gasteiger partial charge in [0.25, 0.3) is 0 Å². The van der Waals surface area contributed by atoms with Crippen LogP contribution in [0.3, 0.4) is 0 Å². The molecule has 4 rings (SSSR count). The lowest BCUT2D eigenvalue weighted by Gasteiger charge is -2.06. The molecule has 4 nitrogen and oxygen atoms in total. The van der Waals surface area contributed by atoms with Gasteiger partial charge in [-0.3, -0.25) is 4.79 Å². The highest BCUT2D eigenvalue weighted by molar-refractivity contribution is 7.15. The van der Waals surface area contributed by atoms with Crippen LogP contribution < -0.4 is 5.32 Å². The molecule has 0 saturated heterocycles. The Balaban J connectivity index is 1.61. The Morgan fingerprint density at radius 2 is 1.88 bits per heavy atom. The second-order valence-electron chi connectivity index (χ2n) is 7.57. The first-order chi connectivity index (χ1) is 15.6. The molecule has 0 bridgehead atoms. The Morgan fingerprint density at radius 1 is 1.03 bits per heavy atom. The molecule has 2 aromatic heterocycles. The minimum atomic E-state index is -0.214. The van der Waals surface area contributed by atoms with E-state index >= 15 is 0 Å². The van der Waals surface area contributed by atoms with Crippen LogP contribution in [0.15, 0.2) is 79.0 Å². The largest absolute Gasteiger partial charge is 0.307 e. The fraction of sp³-hybridized carbons (Fsp3) is 0.148. The van der Waals surface area contributed by atoms with Crippen LogP contribution >= 0.6 is 11.3 Å². The van der Waals surface area contributed by atoms with E-state index in [0.29, 0.717) is 5.82 Å². The number of hydrogen-bond acceptors (Lipinski definition) is 4. The fourth-order valence-electron chi connectivity index (χ4n) is 3.41. The van der Waals surface area contributed by atoms with E-state index in [1.807, 2.05) is 42.5 Å². The van der Waals surface area contributed by atoms with E-state index in [1.165, 1.54) is 11.6 Å². The molecule has 1 amide bonds. The Hall–Kier alpha value is -3.57. The number of rotatable bonds is 7. The molecular weight excluding hydrogens is 414 g/mol. The first-order valence-electron chi connectivity index (χ1n) is 10.7. The molecule has 5 heteroatoms. The third-order valence-electron chi connectivity index (χ3n) is 4.93. The van der Waals surface area contributed by atoms with Crippen molar-refractivity contribution in [1.29, 1.82) is 0 Å². The molecular formula is C27H25N3OS. The van der Waals surface area contributed by atoms with Crippen molar-refractivity contribution in [2.45, 2.75) is 26.7 Å². The summed E-state index contributed by atoms with van der Waals surface area (Å²) in [5, 5.41) is 3.99. The quantitative estimate of drug-likeness (QED) is 0.323. The summed E-state index contributed by atoms with van der Waals surface area (Å²) < 4.78 is 0. The molecule has 0 saturated carbocycles. The molecule has 160 valence electrons. The van der Waals surface area contributed by atoms with Gasteiger partial charge in [-0.2, -0.15) is 0 Å². The molecule has 0 unspecified atom stereocenters. The molecule has 4 aromatic rings. The minimum Gasteiger partial charge on any atom is -0.307 e. The van der Waals surface area contributed by atoms with Crippen LogP contribution in [-0.2, 0) is 11.2 Å². The van der Waals surface area contributed by atoms with Gasteiger partial charge in [0.1, 0.15) is 5.82 Å². The number of benzene rings is 2. The minimum absolute atomic E-state index is 0.214. The summed E-state index contributed by atoms with van der Waals surface area (Å²) in [7, 11) is 0. The number of aromatic nitrogens is 2. The van der Waals surface area contributed by atoms with Gasteiger partial charge in [-0.15, -0.1) is 11.3 Å². The van der Waals surface area contributed by atoms with Gasteiger partial charge in [-0.25, -0.2) is 9.97 Å². The van der Waals surface area contributed by atoms with Crippen LogP contribution in [0.4, 0.5) is 5.82 Å². The summed E-state index contributed by atoms with van der Waals surface area (Å²) in [4.78, 5) is 22.8. The number of amides is 1. The van der Waals surface area contributed by atoms with E-state index < -0.39 is 0 Å². The zero-order chi connectivity index (χ0) is 22.3. The van der Waals surface area contributed by atoms with Crippen molar-refractivity contribution >= 4 is 29.1 Å². The number of hydrogen-bond donors (Lipinski definition) is 1. The van der Waals surface area contributed by atoms with Crippen molar-refractivity contribution in [3.8, 4) is 21.7 Å². The highest BCUT2D eigenvalue weighted by atomic mass is 32.1. The third kappa shape index (κ3) is 5.37. The smallest absolute Gasteiger partial charge is 0.249 e. The fourth-order valence-corrected chi connectivity index (χ4v) is 4.60. The van der Waals surface area contributed by atoms with E-state index in [9.17, 15) is 4.79 Å². The molecule has 0 aliphatic carbocycles. The average molecular weight is 440 g/mol. The van der Waals surface area contributed by atoms with Crippen LogP contribution in [-0.4, -0.2) is 15.9 Å². The predicted molar refractivity (Wildman–Crippen MR) is 134 cm³/mol. The molecule has 32 heavy (non-hydrogen) atoms. The molecule has 2 aromatic carbocycles. The number of carbonyl (C=O) groups excluding carboxylic acids is 1. The van der Waals surface area contributed by atoms with Crippen molar-refractivity contribution in [2.75, 3.05) is 5.32 Å². The summed E-state index contributed by atoms with van der Waals surface area (Å²) in [6, 6.07) is 22.0. The van der Waals surface area contributed by atoms with Gasteiger partial charge in [0.2, 0.25) is 5.91 Å². The lowest BCUT2D eigenvalue weighted by atomic mass is 10.1. The number of carbonyl (C=O) groups is 1. The predicted octanol–water partition coefficient (Wildman–Crippen LogP) is 6.78.